The first-order chi connectivity index (χ1) is 7.79. The fraction of sp³-hybridized carbons (Fsp3) is 0.571. The summed E-state index contributed by atoms with van der Waals surface area (Å²) < 4.78 is 36.6. The third kappa shape index (κ3) is 4.51. The van der Waals surface area contributed by atoms with E-state index in [1.807, 2.05) is 0 Å². The number of nitrogens with one attached hydrogen (secondary N) is 1. The van der Waals surface area contributed by atoms with Crippen molar-refractivity contribution in [3.8, 4) is 0 Å². The molecule has 0 saturated carbocycles. The van der Waals surface area contributed by atoms with Crippen LogP contribution >= 0.6 is 11.8 Å². The molecule has 1 N–H and O–H groups in total. The van der Waals surface area contributed by atoms with Gasteiger partial charge in [0.05, 0.1) is 4.92 Å². The number of anilines is 1. The van der Waals surface area contributed by atoms with E-state index in [1.165, 1.54) is 17.9 Å². The van der Waals surface area contributed by atoms with Crippen LogP contribution in [0.5, 0.6) is 0 Å². The van der Waals surface area contributed by atoms with Crippen LogP contribution in [0.2, 0.25) is 0 Å². The number of alkyl halides is 3. The molecule has 0 aliphatic carbocycles. The predicted molar refractivity (Wildman–Crippen MR) is 56.9 cm³/mol. The normalized spacial score (nSPS) is 11.5. The molecule has 0 amide bonds. The number of hydrogen-bond acceptors (Lipinski definition) is 5. The highest BCUT2D eigenvalue weighted by molar-refractivity contribution is 8.00. The van der Waals surface area contributed by atoms with Crippen molar-refractivity contribution in [1.29, 1.82) is 0 Å². The van der Waals surface area contributed by atoms with Gasteiger partial charge in [-0.2, -0.15) is 13.2 Å². The lowest BCUT2D eigenvalue weighted by atomic mass is 10.5. The van der Waals surface area contributed by atoms with Gasteiger partial charge < -0.3 is 5.32 Å². The average Bonchev–Trinajstić information content (AvgIpc) is 2.53. The van der Waals surface area contributed by atoms with E-state index in [-0.39, 0.29) is 35.6 Å². The molecule has 0 bridgehead atoms. The van der Waals surface area contributed by atoms with E-state index in [1.54, 1.807) is 0 Å². The summed E-state index contributed by atoms with van der Waals surface area (Å²) in [6.07, 6.45) is 1.18. The summed E-state index contributed by atoms with van der Waals surface area (Å²) in [5, 5.41) is 16.8. The molecule has 0 aliphatic rings. The van der Waals surface area contributed by atoms with Crippen LogP contribution in [-0.4, -0.2) is 32.5 Å². The number of nitrogens with zero attached hydrogens (tertiary/aromatic N) is 3. The third-order valence-electron chi connectivity index (χ3n) is 1.67. The lowest BCUT2D eigenvalue weighted by molar-refractivity contribution is -0.384. The summed E-state index contributed by atoms with van der Waals surface area (Å²) >= 11 is -0.193. The molecule has 0 fully saturated rings. The molecule has 17 heavy (non-hydrogen) atoms. The van der Waals surface area contributed by atoms with Crippen molar-refractivity contribution in [2.24, 2.45) is 7.05 Å². The van der Waals surface area contributed by atoms with Crippen molar-refractivity contribution in [1.82, 2.24) is 9.78 Å². The van der Waals surface area contributed by atoms with Gasteiger partial charge >= 0.3 is 11.2 Å². The highest BCUT2D eigenvalue weighted by Gasteiger charge is 2.27. The molecule has 10 heteroatoms. The summed E-state index contributed by atoms with van der Waals surface area (Å²) in [7, 11) is 1.49. The Hall–Kier alpha value is -1.45. The monoisotopic (exact) mass is 270 g/mol. The molecule has 96 valence electrons. The Labute approximate surface area is 98.3 Å². The van der Waals surface area contributed by atoms with E-state index in [0.29, 0.717) is 0 Å². The van der Waals surface area contributed by atoms with Gasteiger partial charge in [-0.3, -0.25) is 14.8 Å². The number of aromatic nitrogens is 2. The van der Waals surface area contributed by atoms with E-state index in [9.17, 15) is 23.3 Å². The zero-order chi connectivity index (χ0) is 13.1. The van der Waals surface area contributed by atoms with Crippen LogP contribution in [0.1, 0.15) is 0 Å². The Balaban J connectivity index is 2.49. The molecular weight excluding hydrogens is 261 g/mol. The smallest absolute Gasteiger partial charge is 0.362 e. The van der Waals surface area contributed by atoms with E-state index in [4.69, 9.17) is 0 Å². The molecule has 0 atom stereocenters. The summed E-state index contributed by atoms with van der Waals surface area (Å²) in [6, 6.07) is 0. The van der Waals surface area contributed by atoms with Crippen LogP contribution in [0, 0.1) is 10.1 Å². The minimum atomic E-state index is -4.29. The number of nitro groups is 1. The van der Waals surface area contributed by atoms with E-state index < -0.39 is 10.4 Å². The lowest BCUT2D eigenvalue weighted by Gasteiger charge is -2.05. The Morgan fingerprint density at radius 3 is 2.82 bits per heavy atom. The number of rotatable bonds is 5. The molecule has 1 aromatic heterocycles. The minimum Gasteiger partial charge on any atom is -0.362 e. The van der Waals surface area contributed by atoms with Gasteiger partial charge in [-0.05, 0) is 11.8 Å². The van der Waals surface area contributed by atoms with Crippen LogP contribution in [0.25, 0.3) is 0 Å². The van der Waals surface area contributed by atoms with Gasteiger partial charge in [0.2, 0.25) is 5.82 Å². The quantitative estimate of drug-likeness (QED) is 0.503. The molecule has 0 unspecified atom stereocenters. The second-order valence-corrected chi connectivity index (χ2v) is 4.17. The Bertz CT molecular complexity index is 406. The highest BCUT2D eigenvalue weighted by Crippen LogP contribution is 2.30. The molecule has 0 spiro atoms. The van der Waals surface area contributed by atoms with Crippen LogP contribution < -0.4 is 5.32 Å². The number of hydrogen-bond donors (Lipinski definition) is 1. The molecule has 1 aromatic rings. The number of halogens is 3. The maximum Gasteiger partial charge on any atom is 0.441 e. The predicted octanol–water partition coefficient (Wildman–Crippen LogP) is 1.99. The molecule has 6 nitrogen and oxygen atoms in total. The molecule has 1 heterocycles. The van der Waals surface area contributed by atoms with Crippen LogP contribution in [0.15, 0.2) is 6.20 Å². The molecule has 0 saturated heterocycles. The van der Waals surface area contributed by atoms with Gasteiger partial charge in [-0.15, -0.1) is 5.10 Å². The average molecular weight is 270 g/mol. The third-order valence-corrected chi connectivity index (χ3v) is 2.40. The van der Waals surface area contributed by atoms with Gasteiger partial charge in [0.25, 0.3) is 0 Å². The summed E-state index contributed by atoms with van der Waals surface area (Å²) in [4.78, 5) is 9.91. The SMILES string of the molecule is Cn1cc([N+](=O)[O-])c(NCCSC(F)(F)F)n1. The maximum absolute atomic E-state index is 11.8. The molecule has 1 rings (SSSR count). The van der Waals surface area contributed by atoms with Gasteiger partial charge in [-0.1, -0.05) is 0 Å². The van der Waals surface area contributed by atoms with E-state index >= 15 is 0 Å². The first-order valence-electron chi connectivity index (χ1n) is 4.42. The summed E-state index contributed by atoms with van der Waals surface area (Å²) in [5.41, 5.74) is -4.55. The fourth-order valence-electron chi connectivity index (χ4n) is 1.07. The van der Waals surface area contributed by atoms with Crippen LogP contribution in [0.3, 0.4) is 0 Å². The van der Waals surface area contributed by atoms with Crippen molar-refractivity contribution in [2.75, 3.05) is 17.6 Å². The fourth-order valence-corrected chi connectivity index (χ4v) is 1.51. The second kappa shape index (κ2) is 5.25. The Morgan fingerprint density at radius 1 is 1.65 bits per heavy atom. The zero-order valence-electron chi connectivity index (χ0n) is 8.69. The van der Waals surface area contributed by atoms with Crippen LogP contribution in [-0.2, 0) is 7.05 Å². The topological polar surface area (TPSA) is 73.0 Å². The number of aryl methyl sites for hydroxylation is 1. The molecule has 0 aromatic carbocycles. The van der Waals surface area contributed by atoms with E-state index in [0.717, 1.165) is 0 Å². The largest absolute Gasteiger partial charge is 0.441 e. The molecule has 0 aliphatic heterocycles. The minimum absolute atomic E-state index is 0.0275. The Morgan fingerprint density at radius 2 is 2.29 bits per heavy atom. The standard InChI is InChI=1S/C7H9F3N4O2S/c1-13-4-5(14(15)16)6(12-13)11-2-3-17-7(8,9)10/h4H,2-3H2,1H3,(H,11,12). The molecular formula is C7H9F3N4O2S. The van der Waals surface area contributed by atoms with Crippen molar-refractivity contribution in [3.63, 3.8) is 0 Å². The van der Waals surface area contributed by atoms with Crippen molar-refractivity contribution in [3.05, 3.63) is 16.3 Å². The van der Waals surface area contributed by atoms with Crippen LogP contribution in [0.4, 0.5) is 24.7 Å². The summed E-state index contributed by atoms with van der Waals surface area (Å²) in [6.45, 7) is -0.0535. The Kier molecular flexibility index (Phi) is 4.21. The van der Waals surface area contributed by atoms with Gasteiger partial charge in [0.15, 0.2) is 0 Å². The second-order valence-electron chi connectivity index (χ2n) is 3.01. The van der Waals surface area contributed by atoms with Crippen molar-refractivity contribution >= 4 is 23.3 Å². The van der Waals surface area contributed by atoms with Crippen molar-refractivity contribution < 1.29 is 18.1 Å². The highest BCUT2D eigenvalue weighted by atomic mass is 32.2. The first-order valence-corrected chi connectivity index (χ1v) is 5.41. The zero-order valence-corrected chi connectivity index (χ0v) is 9.51. The number of thioether (sulfide) groups is 1. The van der Waals surface area contributed by atoms with E-state index in [2.05, 4.69) is 10.4 Å². The van der Waals surface area contributed by atoms with Gasteiger partial charge in [0.1, 0.15) is 6.20 Å². The van der Waals surface area contributed by atoms with Gasteiger partial charge in [-0.25, -0.2) is 0 Å². The van der Waals surface area contributed by atoms with Gasteiger partial charge in [0, 0.05) is 19.3 Å². The molecule has 0 radical (unpaired) electrons. The lowest BCUT2D eigenvalue weighted by Crippen LogP contribution is -2.10. The first kappa shape index (κ1) is 13.6. The maximum atomic E-state index is 11.8. The summed E-state index contributed by atoms with van der Waals surface area (Å²) in [5.74, 6) is -0.266. The van der Waals surface area contributed by atoms with Crippen molar-refractivity contribution in [2.45, 2.75) is 5.51 Å².